The van der Waals surface area contributed by atoms with E-state index in [0.717, 1.165) is 9.35 Å². The molecule has 0 bridgehead atoms. The number of aromatic nitrogens is 2. The van der Waals surface area contributed by atoms with E-state index >= 15 is 0 Å². The van der Waals surface area contributed by atoms with Crippen LogP contribution < -0.4 is 0 Å². The highest BCUT2D eigenvalue weighted by atomic mass is 79.9. The van der Waals surface area contributed by atoms with E-state index in [1.54, 1.807) is 25.2 Å². The number of hydrogen-bond acceptors (Lipinski definition) is 5. The Labute approximate surface area is 117 Å². The van der Waals surface area contributed by atoms with Crippen LogP contribution >= 0.6 is 27.3 Å². The second kappa shape index (κ2) is 5.58. The first-order chi connectivity index (χ1) is 8.61. The van der Waals surface area contributed by atoms with Gasteiger partial charge in [0.2, 0.25) is 0 Å². The molecule has 0 aliphatic heterocycles. The van der Waals surface area contributed by atoms with Gasteiger partial charge in [0.05, 0.1) is 22.7 Å². The Hall–Kier alpha value is -1.27. The lowest BCUT2D eigenvalue weighted by Crippen LogP contribution is -2.09. The van der Waals surface area contributed by atoms with Gasteiger partial charge in [-0.05, 0) is 35.8 Å². The van der Waals surface area contributed by atoms with Crippen molar-refractivity contribution >= 4 is 33.2 Å². The van der Waals surface area contributed by atoms with Gasteiger partial charge in [-0.3, -0.25) is 0 Å². The number of esters is 1. The predicted octanol–water partition coefficient (Wildman–Crippen LogP) is 3.45. The van der Waals surface area contributed by atoms with E-state index in [2.05, 4.69) is 25.9 Å². The Morgan fingerprint density at radius 2 is 2.33 bits per heavy atom. The summed E-state index contributed by atoms with van der Waals surface area (Å²) in [4.78, 5) is 21.1. The lowest BCUT2D eigenvalue weighted by atomic mass is 10.2. The molecule has 0 aliphatic rings. The van der Waals surface area contributed by atoms with Crippen LogP contribution in [0.3, 0.4) is 0 Å². The number of nitrogens with zero attached hydrogens (tertiary/aromatic N) is 2. The second-order valence-corrected chi connectivity index (χ2v) is 5.37. The third-order valence-electron chi connectivity index (χ3n) is 2.26. The molecule has 2 aromatic rings. The summed E-state index contributed by atoms with van der Waals surface area (Å²) in [5.74, 6) is 0.241. The number of halogens is 1. The van der Waals surface area contributed by atoms with Gasteiger partial charge in [-0.1, -0.05) is 0 Å². The molecule has 2 rings (SSSR count). The average Bonchev–Trinajstić information content (AvgIpc) is 2.76. The predicted molar refractivity (Wildman–Crippen MR) is 73.7 cm³/mol. The van der Waals surface area contributed by atoms with E-state index in [4.69, 9.17) is 4.74 Å². The first-order valence-corrected chi connectivity index (χ1v) is 7.04. The van der Waals surface area contributed by atoms with Gasteiger partial charge in [0.25, 0.3) is 0 Å². The standard InChI is InChI=1S/C12H11BrN2O2S/c1-3-17-12(16)9-5-14-11(15-7(9)2)10-4-8(13)6-18-10/h4-6H,3H2,1-2H3. The van der Waals surface area contributed by atoms with Crippen LogP contribution in [-0.2, 0) is 4.74 Å². The molecule has 0 N–H and O–H groups in total. The second-order valence-electron chi connectivity index (χ2n) is 3.54. The van der Waals surface area contributed by atoms with Crippen molar-refractivity contribution in [2.24, 2.45) is 0 Å². The summed E-state index contributed by atoms with van der Waals surface area (Å²) < 4.78 is 5.93. The van der Waals surface area contributed by atoms with Crippen LogP contribution in [0.5, 0.6) is 0 Å². The maximum Gasteiger partial charge on any atom is 0.341 e. The van der Waals surface area contributed by atoms with Gasteiger partial charge < -0.3 is 4.74 Å². The van der Waals surface area contributed by atoms with Crippen molar-refractivity contribution in [1.29, 1.82) is 0 Å². The lowest BCUT2D eigenvalue weighted by Gasteiger charge is -2.05. The minimum Gasteiger partial charge on any atom is -0.462 e. The van der Waals surface area contributed by atoms with Crippen LogP contribution in [0.2, 0.25) is 0 Å². The van der Waals surface area contributed by atoms with Crippen molar-refractivity contribution in [2.45, 2.75) is 13.8 Å². The van der Waals surface area contributed by atoms with E-state index in [1.807, 2.05) is 11.4 Å². The molecule has 94 valence electrons. The topological polar surface area (TPSA) is 52.1 Å². The minimum absolute atomic E-state index is 0.345. The summed E-state index contributed by atoms with van der Waals surface area (Å²) >= 11 is 4.93. The van der Waals surface area contributed by atoms with Gasteiger partial charge >= 0.3 is 5.97 Å². The third-order valence-corrected chi connectivity index (χ3v) is 3.95. The molecule has 2 heterocycles. The van der Waals surface area contributed by atoms with Crippen LogP contribution in [0.25, 0.3) is 10.7 Å². The Kier molecular flexibility index (Phi) is 4.08. The fraction of sp³-hybridized carbons (Fsp3) is 0.250. The van der Waals surface area contributed by atoms with Gasteiger partial charge in [-0.2, -0.15) is 0 Å². The van der Waals surface area contributed by atoms with Gasteiger partial charge in [0.1, 0.15) is 0 Å². The third kappa shape index (κ3) is 2.76. The van der Waals surface area contributed by atoms with Crippen LogP contribution in [0.15, 0.2) is 22.1 Å². The van der Waals surface area contributed by atoms with Crippen LogP contribution in [0.4, 0.5) is 0 Å². The number of ether oxygens (including phenoxy) is 1. The number of thiophene rings is 1. The highest BCUT2D eigenvalue weighted by molar-refractivity contribution is 9.10. The molecule has 0 unspecified atom stereocenters. The Bertz CT molecular complexity index is 583. The summed E-state index contributed by atoms with van der Waals surface area (Å²) in [6.45, 7) is 3.89. The molecule has 0 radical (unpaired) electrons. The highest BCUT2D eigenvalue weighted by Crippen LogP contribution is 2.27. The van der Waals surface area contributed by atoms with Crippen LogP contribution in [0.1, 0.15) is 23.0 Å². The van der Waals surface area contributed by atoms with Gasteiger partial charge in [0.15, 0.2) is 5.82 Å². The molecule has 4 nitrogen and oxygen atoms in total. The zero-order valence-electron chi connectivity index (χ0n) is 9.94. The number of rotatable bonds is 3. The van der Waals surface area contributed by atoms with Crippen molar-refractivity contribution in [1.82, 2.24) is 9.97 Å². The number of carbonyl (C=O) groups is 1. The molecule has 18 heavy (non-hydrogen) atoms. The van der Waals surface area contributed by atoms with Crippen molar-refractivity contribution in [3.05, 3.63) is 33.4 Å². The molecule has 0 saturated heterocycles. The van der Waals surface area contributed by atoms with E-state index in [1.165, 1.54) is 6.20 Å². The normalized spacial score (nSPS) is 10.4. The molecule has 0 aromatic carbocycles. The summed E-state index contributed by atoms with van der Waals surface area (Å²) in [5, 5.41) is 1.97. The molecule has 0 spiro atoms. The average molecular weight is 327 g/mol. The maximum absolute atomic E-state index is 11.6. The monoisotopic (exact) mass is 326 g/mol. The van der Waals surface area contributed by atoms with E-state index in [-0.39, 0.29) is 5.97 Å². The fourth-order valence-electron chi connectivity index (χ4n) is 1.43. The largest absolute Gasteiger partial charge is 0.462 e. The van der Waals surface area contributed by atoms with Crippen molar-refractivity contribution in [2.75, 3.05) is 6.61 Å². The molecule has 0 aliphatic carbocycles. The first-order valence-electron chi connectivity index (χ1n) is 5.37. The van der Waals surface area contributed by atoms with E-state index < -0.39 is 0 Å². The highest BCUT2D eigenvalue weighted by Gasteiger charge is 2.14. The smallest absolute Gasteiger partial charge is 0.341 e. The molecular weight excluding hydrogens is 316 g/mol. The Morgan fingerprint density at radius 3 is 2.89 bits per heavy atom. The van der Waals surface area contributed by atoms with Gasteiger partial charge in [0, 0.05) is 16.0 Å². The molecule has 0 amide bonds. The summed E-state index contributed by atoms with van der Waals surface area (Å²) in [6.07, 6.45) is 1.52. The zero-order chi connectivity index (χ0) is 13.1. The van der Waals surface area contributed by atoms with Crippen LogP contribution in [0, 0.1) is 6.92 Å². The zero-order valence-corrected chi connectivity index (χ0v) is 12.3. The van der Waals surface area contributed by atoms with Crippen molar-refractivity contribution in [3.8, 4) is 10.7 Å². The van der Waals surface area contributed by atoms with E-state index in [0.29, 0.717) is 23.7 Å². The van der Waals surface area contributed by atoms with Gasteiger partial charge in [-0.15, -0.1) is 11.3 Å². The molecule has 0 fully saturated rings. The number of carbonyl (C=O) groups excluding carboxylic acids is 1. The quantitative estimate of drug-likeness (QED) is 0.810. The number of hydrogen-bond donors (Lipinski definition) is 0. The Balaban J connectivity index is 2.33. The molecule has 2 aromatic heterocycles. The fourth-order valence-corrected chi connectivity index (χ4v) is 2.79. The molecule has 0 atom stereocenters. The minimum atomic E-state index is -0.381. The number of aryl methyl sites for hydroxylation is 1. The first kappa shape index (κ1) is 13.2. The van der Waals surface area contributed by atoms with Crippen molar-refractivity contribution in [3.63, 3.8) is 0 Å². The molecule has 0 saturated carbocycles. The SMILES string of the molecule is CCOC(=O)c1cnc(-c2cc(Br)cs2)nc1C. The summed E-state index contributed by atoms with van der Waals surface area (Å²) in [5.41, 5.74) is 1.04. The van der Waals surface area contributed by atoms with Gasteiger partial charge in [-0.25, -0.2) is 14.8 Å². The van der Waals surface area contributed by atoms with Crippen molar-refractivity contribution < 1.29 is 9.53 Å². The maximum atomic E-state index is 11.6. The molecule has 6 heteroatoms. The van der Waals surface area contributed by atoms with E-state index in [9.17, 15) is 4.79 Å². The lowest BCUT2D eigenvalue weighted by molar-refractivity contribution is 0.0524. The van der Waals surface area contributed by atoms with Crippen LogP contribution in [-0.4, -0.2) is 22.5 Å². The summed E-state index contributed by atoms with van der Waals surface area (Å²) in [6, 6.07) is 1.95. The molecular formula is C12H11BrN2O2S. The summed E-state index contributed by atoms with van der Waals surface area (Å²) in [7, 11) is 0. The Morgan fingerprint density at radius 1 is 1.56 bits per heavy atom.